The van der Waals surface area contributed by atoms with Crippen LogP contribution in [0.3, 0.4) is 0 Å². The lowest BCUT2D eigenvalue weighted by Gasteiger charge is -2.19. The first-order chi connectivity index (χ1) is 9.54. The molecule has 0 spiro atoms. The van der Waals surface area contributed by atoms with E-state index in [1.807, 2.05) is 6.07 Å². The molecule has 1 aliphatic heterocycles. The van der Waals surface area contributed by atoms with E-state index < -0.39 is 11.9 Å². The van der Waals surface area contributed by atoms with Crippen LogP contribution in [-0.2, 0) is 11.2 Å². The Bertz CT molecular complexity index is 686. The van der Waals surface area contributed by atoms with Crippen LogP contribution in [0.2, 0.25) is 0 Å². The summed E-state index contributed by atoms with van der Waals surface area (Å²) >= 11 is 4.69. The molecule has 0 saturated carbocycles. The molecule has 0 aliphatic carbocycles. The van der Waals surface area contributed by atoms with Crippen molar-refractivity contribution < 1.29 is 14.3 Å². The Morgan fingerprint density at radius 2 is 2.15 bits per heavy atom. The first-order valence-electron chi connectivity index (χ1n) is 6.10. The van der Waals surface area contributed by atoms with Gasteiger partial charge in [-0.15, -0.1) is 11.3 Å². The fourth-order valence-corrected chi connectivity index (χ4v) is 3.69. The smallest absolute Gasteiger partial charge is 0.224 e. The number of halogens is 2. The largest absolute Gasteiger partial charge is 0.383 e. The third-order valence-electron chi connectivity index (χ3n) is 3.28. The van der Waals surface area contributed by atoms with Crippen LogP contribution < -0.4 is 5.32 Å². The quantitative estimate of drug-likeness (QED) is 0.864. The molecule has 20 heavy (non-hydrogen) atoms. The maximum atomic E-state index is 14.1. The lowest BCUT2D eigenvalue weighted by atomic mass is 9.97. The van der Waals surface area contributed by atoms with Crippen LogP contribution >= 0.6 is 27.3 Å². The van der Waals surface area contributed by atoms with Gasteiger partial charge in [-0.2, -0.15) is 0 Å². The van der Waals surface area contributed by atoms with Gasteiger partial charge in [0, 0.05) is 22.5 Å². The maximum absolute atomic E-state index is 14.1. The number of nitrogens with one attached hydrogen (secondary N) is 1. The van der Waals surface area contributed by atoms with Crippen molar-refractivity contribution in [1.82, 2.24) is 0 Å². The number of thiophene rings is 1. The second-order valence-electron chi connectivity index (χ2n) is 4.62. The Morgan fingerprint density at radius 3 is 2.85 bits per heavy atom. The van der Waals surface area contributed by atoms with Gasteiger partial charge in [0.25, 0.3) is 0 Å². The fourth-order valence-electron chi connectivity index (χ4n) is 2.26. The Kier molecular flexibility index (Phi) is 3.62. The molecule has 1 amide bonds. The van der Waals surface area contributed by atoms with Crippen molar-refractivity contribution in [3.63, 3.8) is 0 Å². The van der Waals surface area contributed by atoms with Crippen molar-refractivity contribution in [2.24, 2.45) is 0 Å². The highest BCUT2D eigenvalue weighted by molar-refractivity contribution is 9.11. The zero-order valence-electron chi connectivity index (χ0n) is 10.3. The van der Waals surface area contributed by atoms with Gasteiger partial charge in [-0.25, -0.2) is 4.39 Å². The van der Waals surface area contributed by atoms with E-state index in [9.17, 15) is 14.3 Å². The van der Waals surface area contributed by atoms with E-state index in [1.165, 1.54) is 17.4 Å². The summed E-state index contributed by atoms with van der Waals surface area (Å²) < 4.78 is 15.0. The van der Waals surface area contributed by atoms with Gasteiger partial charge in [0.2, 0.25) is 5.91 Å². The summed E-state index contributed by atoms with van der Waals surface area (Å²) in [7, 11) is 0. The maximum Gasteiger partial charge on any atom is 0.224 e. The normalized spacial score (nSPS) is 15.7. The number of carbonyl (C=O) groups is 1. The molecule has 0 radical (unpaired) electrons. The van der Waals surface area contributed by atoms with Crippen LogP contribution in [-0.4, -0.2) is 11.0 Å². The molecule has 2 heterocycles. The summed E-state index contributed by atoms with van der Waals surface area (Å²) in [5, 5.41) is 12.9. The Hall–Kier alpha value is -1.24. The minimum atomic E-state index is -0.991. The minimum absolute atomic E-state index is 0.104. The number of anilines is 1. The monoisotopic (exact) mass is 355 g/mol. The molecular formula is C14H11BrFNO2S. The second-order valence-corrected chi connectivity index (χ2v) is 7.12. The average molecular weight is 356 g/mol. The predicted octanol–water partition coefficient (Wildman–Crippen LogP) is 3.62. The van der Waals surface area contributed by atoms with E-state index >= 15 is 0 Å². The number of rotatable bonds is 2. The fraction of sp³-hybridized carbons (Fsp3) is 0.214. The summed E-state index contributed by atoms with van der Waals surface area (Å²) in [6.45, 7) is 0. The molecular weight excluding hydrogens is 345 g/mol. The third-order valence-corrected chi connectivity index (χ3v) is 4.95. The molecule has 3 rings (SSSR count). The molecule has 2 aromatic rings. The number of carbonyl (C=O) groups excluding carboxylic acids is 1. The minimum Gasteiger partial charge on any atom is -0.383 e. The van der Waals surface area contributed by atoms with Gasteiger partial charge in [0.1, 0.15) is 11.9 Å². The van der Waals surface area contributed by atoms with Crippen molar-refractivity contribution in [3.05, 3.63) is 49.9 Å². The molecule has 104 valence electrons. The Morgan fingerprint density at radius 1 is 1.35 bits per heavy atom. The average Bonchev–Trinajstić information content (AvgIpc) is 2.84. The predicted molar refractivity (Wildman–Crippen MR) is 79.4 cm³/mol. The van der Waals surface area contributed by atoms with Crippen LogP contribution in [0, 0.1) is 5.82 Å². The van der Waals surface area contributed by atoms with Gasteiger partial charge in [0.05, 0.1) is 3.79 Å². The highest BCUT2D eigenvalue weighted by Crippen LogP contribution is 2.35. The van der Waals surface area contributed by atoms with E-state index in [0.717, 1.165) is 9.35 Å². The van der Waals surface area contributed by atoms with Gasteiger partial charge in [-0.3, -0.25) is 4.79 Å². The van der Waals surface area contributed by atoms with Gasteiger partial charge in [-0.1, -0.05) is 0 Å². The third kappa shape index (κ3) is 2.51. The summed E-state index contributed by atoms with van der Waals surface area (Å²) in [6.07, 6.45) is -0.0391. The summed E-state index contributed by atoms with van der Waals surface area (Å²) in [5.41, 5.74) is 1.60. The lowest BCUT2D eigenvalue weighted by molar-refractivity contribution is -0.116. The first-order valence-corrected chi connectivity index (χ1v) is 7.71. The first kappa shape index (κ1) is 13.7. The number of aliphatic hydroxyl groups excluding tert-OH is 1. The van der Waals surface area contributed by atoms with Crippen LogP contribution in [0.4, 0.5) is 10.1 Å². The zero-order chi connectivity index (χ0) is 14.3. The lowest BCUT2D eigenvalue weighted by Crippen LogP contribution is -2.19. The van der Waals surface area contributed by atoms with Crippen LogP contribution in [0.1, 0.15) is 28.5 Å². The molecule has 3 nitrogen and oxygen atoms in total. The number of benzene rings is 1. The van der Waals surface area contributed by atoms with Crippen molar-refractivity contribution in [1.29, 1.82) is 0 Å². The van der Waals surface area contributed by atoms with Crippen molar-refractivity contribution in [2.45, 2.75) is 18.9 Å². The van der Waals surface area contributed by atoms with Crippen LogP contribution in [0.5, 0.6) is 0 Å². The van der Waals surface area contributed by atoms with Gasteiger partial charge < -0.3 is 10.4 Å². The number of aryl methyl sites for hydroxylation is 1. The molecule has 1 unspecified atom stereocenters. The highest BCUT2D eigenvalue weighted by Gasteiger charge is 2.22. The zero-order valence-corrected chi connectivity index (χ0v) is 12.7. The van der Waals surface area contributed by atoms with E-state index in [-0.39, 0.29) is 11.5 Å². The number of amides is 1. The Labute approximate surface area is 127 Å². The Balaban J connectivity index is 2.00. The molecule has 1 aromatic heterocycles. The van der Waals surface area contributed by atoms with E-state index in [2.05, 4.69) is 21.2 Å². The molecule has 0 fully saturated rings. The molecule has 1 aliphatic rings. The number of hydrogen-bond acceptors (Lipinski definition) is 3. The van der Waals surface area contributed by atoms with E-state index in [4.69, 9.17) is 0 Å². The van der Waals surface area contributed by atoms with Gasteiger partial charge in [0.15, 0.2) is 0 Å². The number of fused-ring (bicyclic) bond motifs is 1. The standard InChI is InChI=1S/C14H11BrFNO2S/c15-12-3-2-11(20-12)14(19)8-5-7-1-4-13(18)17-10(7)6-9(8)16/h2-3,5-6,14,19H,1,4H2,(H,17,18). The molecule has 0 bridgehead atoms. The van der Waals surface area contributed by atoms with E-state index in [1.54, 1.807) is 12.1 Å². The molecule has 1 atom stereocenters. The summed E-state index contributed by atoms with van der Waals surface area (Å²) in [4.78, 5) is 12.0. The van der Waals surface area contributed by atoms with Crippen LogP contribution in [0.25, 0.3) is 0 Å². The SMILES string of the molecule is O=C1CCc2cc(C(O)c3ccc(Br)s3)c(F)cc2N1. The van der Waals surface area contributed by atoms with E-state index in [0.29, 0.717) is 23.4 Å². The van der Waals surface area contributed by atoms with Gasteiger partial charge in [-0.05, 0) is 52.2 Å². The number of hydrogen-bond donors (Lipinski definition) is 2. The summed E-state index contributed by atoms with van der Waals surface area (Å²) in [6, 6.07) is 6.51. The molecule has 0 saturated heterocycles. The molecule has 6 heteroatoms. The number of aliphatic hydroxyl groups is 1. The van der Waals surface area contributed by atoms with Crippen molar-refractivity contribution >= 4 is 38.9 Å². The van der Waals surface area contributed by atoms with Crippen molar-refractivity contribution in [3.8, 4) is 0 Å². The summed E-state index contributed by atoms with van der Waals surface area (Å²) in [5.74, 6) is -0.615. The van der Waals surface area contributed by atoms with Crippen LogP contribution in [0.15, 0.2) is 28.1 Å². The second kappa shape index (κ2) is 5.27. The topological polar surface area (TPSA) is 49.3 Å². The molecule has 2 N–H and O–H groups in total. The van der Waals surface area contributed by atoms with Gasteiger partial charge >= 0.3 is 0 Å². The molecule has 1 aromatic carbocycles. The highest BCUT2D eigenvalue weighted by atomic mass is 79.9. The van der Waals surface area contributed by atoms with Crippen molar-refractivity contribution in [2.75, 3.05) is 5.32 Å².